The van der Waals surface area contributed by atoms with Crippen molar-refractivity contribution in [1.29, 1.82) is 0 Å². The lowest BCUT2D eigenvalue weighted by Gasteiger charge is -2.41. The standard InChI is InChI=1S/C28H36N6O4S.H2/c1-16(2)31-23(30-15-29)24-32-22-19-7-6-17(12-20(19)37-11-8-21(22)39-24)18-13-34(14-18)25(35)28(9-10-28)33-26(36)38-27(3,4)5;/h6-7,12,15-16,18H,8-11,13-14H2,1-5H3,(H,33,36)(H2,29,30,31);1H. The number of thiazole rings is 1. The maximum Gasteiger partial charge on any atom is 0.408 e. The zero-order valence-electron chi connectivity index (χ0n) is 23.1. The van der Waals surface area contributed by atoms with Gasteiger partial charge in [0.25, 0.3) is 0 Å². The van der Waals surface area contributed by atoms with Crippen LogP contribution in [0.15, 0.2) is 28.2 Å². The van der Waals surface area contributed by atoms with Crippen molar-refractivity contribution in [2.24, 2.45) is 15.7 Å². The molecule has 1 aromatic carbocycles. The first-order chi connectivity index (χ1) is 18.5. The van der Waals surface area contributed by atoms with Crippen LogP contribution in [0.25, 0.3) is 11.3 Å². The Morgan fingerprint density at radius 1 is 1.33 bits per heavy atom. The summed E-state index contributed by atoms with van der Waals surface area (Å²) in [7, 11) is 0. The first-order valence-corrected chi connectivity index (χ1v) is 14.2. The van der Waals surface area contributed by atoms with Crippen LogP contribution >= 0.6 is 11.3 Å². The van der Waals surface area contributed by atoms with Crippen molar-refractivity contribution in [3.8, 4) is 17.0 Å². The van der Waals surface area contributed by atoms with E-state index in [2.05, 4.69) is 33.5 Å². The van der Waals surface area contributed by atoms with Crippen LogP contribution in [0.5, 0.6) is 5.75 Å². The minimum Gasteiger partial charge on any atom is -0.492 e. The zero-order chi connectivity index (χ0) is 27.9. The van der Waals surface area contributed by atoms with Gasteiger partial charge in [-0.05, 0) is 65.2 Å². The van der Waals surface area contributed by atoms with Gasteiger partial charge in [-0.2, -0.15) is 0 Å². The molecule has 3 aliphatic rings. The van der Waals surface area contributed by atoms with Gasteiger partial charge in [0.15, 0.2) is 10.8 Å². The molecule has 2 amide bonds. The number of fused-ring (bicyclic) bond motifs is 3. The van der Waals surface area contributed by atoms with E-state index in [1.165, 1.54) is 6.34 Å². The van der Waals surface area contributed by atoms with Gasteiger partial charge in [-0.25, -0.2) is 14.8 Å². The van der Waals surface area contributed by atoms with Gasteiger partial charge in [0, 0.05) is 43.3 Å². The van der Waals surface area contributed by atoms with E-state index < -0.39 is 17.2 Å². The number of nitrogens with zero attached hydrogens (tertiary/aromatic N) is 4. The minimum absolute atomic E-state index is 0. The molecule has 1 saturated heterocycles. The van der Waals surface area contributed by atoms with Gasteiger partial charge in [-0.1, -0.05) is 6.07 Å². The number of hydrogen-bond donors (Lipinski definition) is 2. The van der Waals surface area contributed by atoms with E-state index in [-0.39, 0.29) is 19.3 Å². The molecule has 11 heteroatoms. The highest BCUT2D eigenvalue weighted by atomic mass is 32.1. The number of likely N-dealkylation sites (tertiary alicyclic amines) is 1. The summed E-state index contributed by atoms with van der Waals surface area (Å²) in [6, 6.07) is 6.29. The monoisotopic (exact) mass is 554 g/mol. The molecular weight excluding hydrogens is 516 g/mol. The number of ether oxygens (including phenoxy) is 2. The smallest absolute Gasteiger partial charge is 0.408 e. The SMILES string of the molecule is CC(C)N=C(N=CN)c1nc2c(s1)CCOc1cc(C3CN(C(=O)C4(NC(=O)OC(C)(C)C)CC4)C3)ccc1-2.[HH]. The first-order valence-electron chi connectivity index (χ1n) is 13.4. The Kier molecular flexibility index (Phi) is 7.13. The quantitative estimate of drug-likeness (QED) is 0.422. The minimum atomic E-state index is -0.825. The van der Waals surface area contributed by atoms with Crippen LogP contribution in [-0.2, 0) is 16.0 Å². The van der Waals surface area contributed by atoms with Gasteiger partial charge in [-0.15, -0.1) is 11.3 Å². The number of benzene rings is 1. The van der Waals surface area contributed by atoms with Crippen molar-refractivity contribution in [3.63, 3.8) is 0 Å². The number of amidine groups is 1. The van der Waals surface area contributed by atoms with Crippen LogP contribution in [0.1, 0.15) is 70.3 Å². The molecule has 0 radical (unpaired) electrons. The predicted octanol–water partition coefficient (Wildman–Crippen LogP) is 4.12. The van der Waals surface area contributed by atoms with Crippen molar-refractivity contribution >= 4 is 35.5 Å². The van der Waals surface area contributed by atoms with E-state index in [1.807, 2.05) is 18.7 Å². The van der Waals surface area contributed by atoms with Crippen LogP contribution in [0, 0.1) is 0 Å². The van der Waals surface area contributed by atoms with Crippen molar-refractivity contribution in [2.75, 3.05) is 19.7 Å². The van der Waals surface area contributed by atoms with E-state index >= 15 is 0 Å². The molecule has 2 aliphatic heterocycles. The Balaban J connectivity index is 0.00000370. The third-order valence-electron chi connectivity index (χ3n) is 6.85. The molecule has 1 aliphatic carbocycles. The van der Waals surface area contributed by atoms with Gasteiger partial charge in [0.2, 0.25) is 5.91 Å². The average molecular weight is 555 g/mol. The Bertz CT molecular complexity index is 1340. The second-order valence-electron chi connectivity index (χ2n) is 11.6. The van der Waals surface area contributed by atoms with E-state index in [1.54, 1.807) is 32.1 Å². The summed E-state index contributed by atoms with van der Waals surface area (Å²) in [4.78, 5) is 42.1. The maximum absolute atomic E-state index is 13.2. The van der Waals surface area contributed by atoms with Crippen molar-refractivity contribution in [1.82, 2.24) is 15.2 Å². The Hall–Kier alpha value is -3.47. The third kappa shape index (κ3) is 5.78. The molecule has 3 N–H and O–H groups in total. The molecule has 10 nitrogen and oxygen atoms in total. The second kappa shape index (κ2) is 10.3. The summed E-state index contributed by atoms with van der Waals surface area (Å²) in [6.07, 6.45) is 2.73. The number of hydrogen-bond acceptors (Lipinski definition) is 7. The van der Waals surface area contributed by atoms with Gasteiger partial charge >= 0.3 is 6.09 Å². The molecule has 0 spiro atoms. The van der Waals surface area contributed by atoms with Gasteiger partial charge in [0.1, 0.15) is 16.9 Å². The van der Waals surface area contributed by atoms with Crippen LogP contribution in [0.4, 0.5) is 4.79 Å². The number of nitrogens with two attached hydrogens (primary N) is 1. The molecule has 5 rings (SSSR count). The molecular formula is C28H38N6O4S. The fourth-order valence-corrected chi connectivity index (χ4v) is 5.83. The van der Waals surface area contributed by atoms with Gasteiger partial charge in [0.05, 0.1) is 18.6 Å². The Morgan fingerprint density at radius 3 is 2.72 bits per heavy atom. The fraction of sp³-hybridized carbons (Fsp3) is 0.536. The number of aliphatic imine (C=N–C) groups is 2. The summed E-state index contributed by atoms with van der Waals surface area (Å²) in [6.45, 7) is 11.2. The van der Waals surface area contributed by atoms with Crippen molar-refractivity contribution in [3.05, 3.63) is 33.6 Å². The van der Waals surface area contributed by atoms with E-state index in [0.29, 0.717) is 38.4 Å². The predicted molar refractivity (Wildman–Crippen MR) is 154 cm³/mol. The topological polar surface area (TPSA) is 131 Å². The lowest BCUT2D eigenvalue weighted by molar-refractivity contribution is -0.139. The lowest BCUT2D eigenvalue weighted by Crippen LogP contribution is -2.57. The third-order valence-corrected chi connectivity index (χ3v) is 7.96. The first kappa shape index (κ1) is 27.1. The highest BCUT2D eigenvalue weighted by molar-refractivity contribution is 7.14. The number of aromatic nitrogens is 1. The highest BCUT2D eigenvalue weighted by Gasteiger charge is 2.55. The lowest BCUT2D eigenvalue weighted by atomic mass is 9.89. The summed E-state index contributed by atoms with van der Waals surface area (Å²) in [5, 5.41) is 3.56. The number of carbonyl (C=O) groups excluding carboxylic acids is 2. The van der Waals surface area contributed by atoms with Crippen molar-refractivity contribution < 1.29 is 20.5 Å². The summed E-state index contributed by atoms with van der Waals surface area (Å²) in [5.74, 6) is 1.51. The van der Waals surface area contributed by atoms with Gasteiger partial charge in [-0.3, -0.25) is 9.79 Å². The van der Waals surface area contributed by atoms with E-state index in [9.17, 15) is 9.59 Å². The van der Waals surface area contributed by atoms with Crippen LogP contribution < -0.4 is 15.8 Å². The average Bonchev–Trinajstić information content (AvgIpc) is 3.50. The molecule has 1 aromatic heterocycles. The summed E-state index contributed by atoms with van der Waals surface area (Å²) < 4.78 is 11.5. The van der Waals surface area contributed by atoms with Crippen molar-refractivity contribution in [2.45, 2.75) is 77.0 Å². The van der Waals surface area contributed by atoms with E-state index in [0.717, 1.165) is 38.9 Å². The number of alkyl carbamates (subject to hydrolysis) is 1. The molecule has 2 fully saturated rings. The largest absolute Gasteiger partial charge is 0.492 e. The molecule has 210 valence electrons. The van der Waals surface area contributed by atoms with Crippen LogP contribution in [0.3, 0.4) is 0 Å². The van der Waals surface area contributed by atoms with E-state index in [4.69, 9.17) is 20.2 Å². The Morgan fingerprint density at radius 2 is 2.08 bits per heavy atom. The summed E-state index contributed by atoms with van der Waals surface area (Å²) in [5.41, 5.74) is 7.09. The Labute approximate surface area is 234 Å². The molecule has 0 atom stereocenters. The number of carbonyl (C=O) groups is 2. The maximum atomic E-state index is 13.2. The highest BCUT2D eigenvalue weighted by Crippen LogP contribution is 2.43. The summed E-state index contributed by atoms with van der Waals surface area (Å²) >= 11 is 1.57. The van der Waals surface area contributed by atoms with Crippen LogP contribution in [0.2, 0.25) is 0 Å². The molecule has 0 unspecified atom stereocenters. The number of nitrogens with one attached hydrogen (secondary N) is 1. The second-order valence-corrected chi connectivity index (χ2v) is 12.7. The molecule has 39 heavy (non-hydrogen) atoms. The molecule has 2 aromatic rings. The fourth-order valence-electron chi connectivity index (χ4n) is 4.82. The molecule has 3 heterocycles. The zero-order valence-corrected chi connectivity index (χ0v) is 23.9. The number of amides is 2. The molecule has 0 bridgehead atoms. The molecule has 1 saturated carbocycles. The van der Waals surface area contributed by atoms with Crippen LogP contribution in [-0.4, -0.2) is 70.9 Å². The normalized spacial score (nSPS) is 18.6. The number of rotatable bonds is 5. The van der Waals surface area contributed by atoms with Gasteiger partial charge < -0.3 is 25.4 Å².